The van der Waals surface area contributed by atoms with Gasteiger partial charge in [0, 0.05) is 12.7 Å². The van der Waals surface area contributed by atoms with Crippen molar-refractivity contribution in [3.05, 3.63) is 101 Å². The van der Waals surface area contributed by atoms with Crippen molar-refractivity contribution < 1.29 is 14.3 Å². The van der Waals surface area contributed by atoms with Gasteiger partial charge in [0.05, 0.1) is 6.61 Å². The third-order valence-corrected chi connectivity index (χ3v) is 6.66. The van der Waals surface area contributed by atoms with Crippen molar-refractivity contribution in [2.75, 3.05) is 18.6 Å². The van der Waals surface area contributed by atoms with Gasteiger partial charge in [-0.3, -0.25) is 9.59 Å². The Morgan fingerprint density at radius 3 is 2.20 bits per heavy atom. The standard InChI is InChI=1S/C26H23NO3/c1-3-30-24(29)25(18-11-5-4-6-12-18)17-26(20-14-8-7-13-19(20)25)21-15-9-10-16-22(21)27(2)23(26)28/h4-16H,3,17H2,1-2H3/t25-,26-/m1/s1. The highest BCUT2D eigenvalue weighted by atomic mass is 16.5. The van der Waals surface area contributed by atoms with Gasteiger partial charge in [0.25, 0.3) is 0 Å². The maximum absolute atomic E-state index is 13.8. The molecule has 0 saturated carbocycles. The Balaban J connectivity index is 1.86. The van der Waals surface area contributed by atoms with E-state index in [-0.39, 0.29) is 18.5 Å². The summed E-state index contributed by atoms with van der Waals surface area (Å²) in [6, 6.07) is 25.4. The Morgan fingerprint density at radius 2 is 1.50 bits per heavy atom. The molecule has 30 heavy (non-hydrogen) atoms. The molecule has 150 valence electrons. The van der Waals surface area contributed by atoms with Crippen molar-refractivity contribution in [1.82, 2.24) is 0 Å². The van der Waals surface area contributed by atoms with E-state index in [0.717, 1.165) is 27.9 Å². The van der Waals surface area contributed by atoms with Crippen molar-refractivity contribution in [2.24, 2.45) is 0 Å². The second-order valence-electron chi connectivity index (χ2n) is 8.00. The van der Waals surface area contributed by atoms with Gasteiger partial charge in [-0.2, -0.15) is 0 Å². The fourth-order valence-corrected chi connectivity index (χ4v) is 5.42. The van der Waals surface area contributed by atoms with Crippen LogP contribution in [-0.2, 0) is 25.2 Å². The highest BCUT2D eigenvalue weighted by Gasteiger charge is 2.64. The van der Waals surface area contributed by atoms with Crippen molar-refractivity contribution in [1.29, 1.82) is 0 Å². The molecule has 0 unspecified atom stereocenters. The van der Waals surface area contributed by atoms with Crippen molar-refractivity contribution in [3.8, 4) is 0 Å². The number of anilines is 1. The quantitative estimate of drug-likeness (QED) is 0.622. The van der Waals surface area contributed by atoms with Gasteiger partial charge >= 0.3 is 5.97 Å². The Bertz CT molecular complexity index is 1160. The summed E-state index contributed by atoms with van der Waals surface area (Å²) in [7, 11) is 1.81. The normalized spacial score (nSPS) is 24.1. The van der Waals surface area contributed by atoms with Gasteiger partial charge in [0.15, 0.2) is 0 Å². The molecular formula is C26H23NO3. The number of rotatable bonds is 3. The number of carbonyl (C=O) groups is 2. The van der Waals surface area contributed by atoms with Gasteiger partial charge in [0.2, 0.25) is 5.91 Å². The minimum atomic E-state index is -1.04. The second kappa shape index (κ2) is 6.56. The van der Waals surface area contributed by atoms with E-state index in [0.29, 0.717) is 6.42 Å². The minimum Gasteiger partial charge on any atom is -0.465 e. The molecule has 2 atom stereocenters. The molecule has 0 radical (unpaired) electrons. The van der Waals surface area contributed by atoms with E-state index in [1.807, 2.05) is 92.8 Å². The molecule has 4 nitrogen and oxygen atoms in total. The van der Waals surface area contributed by atoms with Crippen LogP contribution in [0.2, 0.25) is 0 Å². The van der Waals surface area contributed by atoms with Crippen LogP contribution in [0, 0.1) is 0 Å². The molecule has 4 heteroatoms. The second-order valence-corrected chi connectivity index (χ2v) is 8.00. The summed E-state index contributed by atoms with van der Waals surface area (Å²) in [5.74, 6) is -0.307. The summed E-state index contributed by atoms with van der Waals surface area (Å²) in [4.78, 5) is 29.2. The number of fused-ring (bicyclic) bond motifs is 4. The smallest absolute Gasteiger partial charge is 0.321 e. The number of ether oxygens (including phenoxy) is 1. The zero-order valence-electron chi connectivity index (χ0n) is 17.1. The van der Waals surface area contributed by atoms with Gasteiger partial charge in [-0.05, 0) is 41.7 Å². The predicted octanol–water partition coefficient (Wildman–Crippen LogP) is 4.20. The van der Waals surface area contributed by atoms with Crippen LogP contribution in [0.25, 0.3) is 0 Å². The lowest BCUT2D eigenvalue weighted by atomic mass is 9.70. The number of hydrogen-bond acceptors (Lipinski definition) is 3. The van der Waals surface area contributed by atoms with E-state index in [1.54, 1.807) is 4.90 Å². The van der Waals surface area contributed by atoms with E-state index < -0.39 is 10.8 Å². The molecule has 0 fully saturated rings. The van der Waals surface area contributed by atoms with Gasteiger partial charge in [0.1, 0.15) is 10.8 Å². The third kappa shape index (κ3) is 2.16. The number of para-hydroxylation sites is 1. The number of hydrogen-bond donors (Lipinski definition) is 0. The fraction of sp³-hybridized carbons (Fsp3) is 0.231. The first-order valence-corrected chi connectivity index (χ1v) is 10.3. The molecule has 3 aromatic rings. The van der Waals surface area contributed by atoms with Crippen LogP contribution in [0.15, 0.2) is 78.9 Å². The number of benzene rings is 3. The summed E-state index contributed by atoms with van der Waals surface area (Å²) >= 11 is 0. The Hall–Kier alpha value is -3.40. The van der Waals surface area contributed by atoms with Crippen LogP contribution in [-0.4, -0.2) is 25.5 Å². The topological polar surface area (TPSA) is 46.6 Å². The molecule has 0 bridgehead atoms. The number of nitrogens with zero attached hydrogens (tertiary/aromatic N) is 1. The first kappa shape index (κ1) is 18.6. The SMILES string of the molecule is CCOC(=O)[C@@]1(c2ccccc2)C[C@@]2(C(=O)N(C)c3ccccc32)c2ccccc21. The van der Waals surface area contributed by atoms with Crippen LogP contribution >= 0.6 is 0 Å². The largest absolute Gasteiger partial charge is 0.465 e. The highest BCUT2D eigenvalue weighted by molar-refractivity contribution is 6.12. The molecule has 5 rings (SSSR count). The fourth-order valence-electron chi connectivity index (χ4n) is 5.42. The van der Waals surface area contributed by atoms with Crippen LogP contribution in [0.1, 0.15) is 35.6 Å². The summed E-state index contributed by atoms with van der Waals surface area (Å²) in [6.45, 7) is 2.10. The lowest BCUT2D eigenvalue weighted by Crippen LogP contribution is -2.43. The molecule has 1 aliphatic carbocycles. The molecule has 1 heterocycles. The number of amides is 1. The van der Waals surface area contributed by atoms with Gasteiger partial charge in [-0.1, -0.05) is 72.8 Å². The molecule has 2 aliphatic rings. The van der Waals surface area contributed by atoms with Gasteiger partial charge in [-0.15, -0.1) is 0 Å². The molecule has 3 aromatic carbocycles. The Kier molecular flexibility index (Phi) is 4.07. The van der Waals surface area contributed by atoms with Crippen molar-refractivity contribution in [2.45, 2.75) is 24.2 Å². The van der Waals surface area contributed by atoms with Crippen molar-refractivity contribution >= 4 is 17.6 Å². The maximum atomic E-state index is 13.8. The van der Waals surface area contributed by atoms with Crippen LogP contribution in [0.3, 0.4) is 0 Å². The van der Waals surface area contributed by atoms with Crippen LogP contribution in [0.5, 0.6) is 0 Å². The summed E-state index contributed by atoms with van der Waals surface area (Å²) < 4.78 is 5.63. The molecule has 0 aromatic heterocycles. The number of carbonyl (C=O) groups excluding carboxylic acids is 2. The van der Waals surface area contributed by atoms with Crippen LogP contribution < -0.4 is 4.90 Å². The average Bonchev–Trinajstić information content (AvgIpc) is 3.22. The van der Waals surface area contributed by atoms with E-state index in [2.05, 4.69) is 0 Å². The van der Waals surface area contributed by atoms with E-state index >= 15 is 0 Å². The molecule has 0 N–H and O–H groups in total. The molecule has 1 aliphatic heterocycles. The molecular weight excluding hydrogens is 374 g/mol. The highest BCUT2D eigenvalue weighted by Crippen LogP contribution is 2.60. The van der Waals surface area contributed by atoms with E-state index in [4.69, 9.17) is 4.74 Å². The van der Waals surface area contributed by atoms with Gasteiger partial charge < -0.3 is 9.64 Å². The van der Waals surface area contributed by atoms with Crippen LogP contribution in [0.4, 0.5) is 5.69 Å². The monoisotopic (exact) mass is 397 g/mol. The first-order chi connectivity index (χ1) is 14.6. The summed E-state index contributed by atoms with van der Waals surface area (Å²) in [5, 5.41) is 0. The molecule has 1 spiro atoms. The number of likely N-dealkylation sites (N-methyl/N-ethyl adjacent to an activating group) is 1. The van der Waals surface area contributed by atoms with Crippen molar-refractivity contribution in [3.63, 3.8) is 0 Å². The summed E-state index contributed by atoms with van der Waals surface area (Å²) in [5.41, 5.74) is 2.49. The number of esters is 1. The Labute approximate surface area is 176 Å². The summed E-state index contributed by atoms with van der Waals surface area (Å²) in [6.07, 6.45) is 0.322. The zero-order chi connectivity index (χ0) is 20.9. The zero-order valence-corrected chi connectivity index (χ0v) is 17.1. The maximum Gasteiger partial charge on any atom is 0.321 e. The minimum absolute atomic E-state index is 0.00162. The third-order valence-electron chi connectivity index (χ3n) is 6.66. The van der Waals surface area contributed by atoms with Gasteiger partial charge in [-0.25, -0.2) is 0 Å². The predicted molar refractivity (Wildman–Crippen MR) is 116 cm³/mol. The Morgan fingerprint density at radius 1 is 0.900 bits per heavy atom. The molecule has 0 saturated heterocycles. The average molecular weight is 397 g/mol. The van der Waals surface area contributed by atoms with E-state index in [1.165, 1.54) is 0 Å². The lowest BCUT2D eigenvalue weighted by molar-refractivity contribution is -0.148. The van der Waals surface area contributed by atoms with E-state index in [9.17, 15) is 9.59 Å². The molecule has 1 amide bonds. The first-order valence-electron chi connectivity index (χ1n) is 10.3. The lowest BCUT2D eigenvalue weighted by Gasteiger charge is -2.31.